The molecule has 1 heterocycles. The summed E-state index contributed by atoms with van der Waals surface area (Å²) in [5.74, 6) is -0.898. The summed E-state index contributed by atoms with van der Waals surface area (Å²) in [7, 11) is 0. The van der Waals surface area contributed by atoms with Crippen LogP contribution in [0.3, 0.4) is 0 Å². The summed E-state index contributed by atoms with van der Waals surface area (Å²) in [6, 6.07) is 7.81. The van der Waals surface area contributed by atoms with Crippen LogP contribution in [-0.4, -0.2) is 36.1 Å². The molecular formula is C16H22N2O3. The fourth-order valence-electron chi connectivity index (χ4n) is 2.71. The Morgan fingerprint density at radius 2 is 2.14 bits per heavy atom. The van der Waals surface area contributed by atoms with Crippen molar-refractivity contribution in [1.82, 2.24) is 5.32 Å². The monoisotopic (exact) mass is 290 g/mol. The van der Waals surface area contributed by atoms with Crippen molar-refractivity contribution in [3.8, 4) is 0 Å². The lowest BCUT2D eigenvalue weighted by molar-refractivity contribution is -0.136. The van der Waals surface area contributed by atoms with E-state index < -0.39 is 5.97 Å². The first-order valence-electron chi connectivity index (χ1n) is 7.39. The molecule has 1 aromatic rings. The molecule has 0 saturated carbocycles. The smallest absolute Gasteiger partial charge is 0.305 e. The van der Waals surface area contributed by atoms with Crippen molar-refractivity contribution in [2.24, 2.45) is 0 Å². The molecule has 114 valence electrons. The molecule has 0 spiro atoms. The minimum absolute atomic E-state index is 0.00931. The summed E-state index contributed by atoms with van der Waals surface area (Å²) in [5.41, 5.74) is 1.79. The normalized spacial score (nSPS) is 17.7. The van der Waals surface area contributed by atoms with Crippen molar-refractivity contribution in [3.63, 3.8) is 0 Å². The molecule has 5 nitrogen and oxygen atoms in total. The summed E-state index contributed by atoms with van der Waals surface area (Å²) in [6.07, 6.45) is 2.48. The molecule has 0 aliphatic carbocycles. The minimum Gasteiger partial charge on any atom is -0.481 e. The summed E-state index contributed by atoms with van der Waals surface area (Å²) < 4.78 is 0. The van der Waals surface area contributed by atoms with Crippen LogP contribution in [0, 0.1) is 6.92 Å². The largest absolute Gasteiger partial charge is 0.481 e. The highest BCUT2D eigenvalue weighted by atomic mass is 16.4. The predicted octanol–water partition coefficient (Wildman–Crippen LogP) is 1.94. The lowest BCUT2D eigenvalue weighted by Gasteiger charge is -2.25. The van der Waals surface area contributed by atoms with Crippen LogP contribution in [0.2, 0.25) is 0 Å². The quantitative estimate of drug-likeness (QED) is 0.840. The van der Waals surface area contributed by atoms with E-state index in [1.54, 1.807) is 4.90 Å². The molecule has 1 atom stereocenters. The molecule has 0 radical (unpaired) electrons. The number of hydrogen-bond donors (Lipinski definition) is 2. The third-order valence-electron chi connectivity index (χ3n) is 3.84. The van der Waals surface area contributed by atoms with Crippen LogP contribution in [0.5, 0.6) is 0 Å². The van der Waals surface area contributed by atoms with Gasteiger partial charge in [-0.3, -0.25) is 9.59 Å². The van der Waals surface area contributed by atoms with Gasteiger partial charge in [0, 0.05) is 24.7 Å². The van der Waals surface area contributed by atoms with Gasteiger partial charge >= 0.3 is 5.97 Å². The summed E-state index contributed by atoms with van der Waals surface area (Å²) in [6.45, 7) is 3.10. The number of carbonyl (C=O) groups is 2. The molecule has 0 aromatic heterocycles. The zero-order valence-electron chi connectivity index (χ0n) is 12.3. The summed E-state index contributed by atoms with van der Waals surface area (Å²) >= 11 is 0. The first kappa shape index (κ1) is 15.5. The van der Waals surface area contributed by atoms with E-state index in [0.29, 0.717) is 6.42 Å². The van der Waals surface area contributed by atoms with Gasteiger partial charge in [-0.25, -0.2) is 0 Å². The highest BCUT2D eigenvalue weighted by Gasteiger charge is 2.23. The number of aryl methyl sites for hydroxylation is 1. The highest BCUT2D eigenvalue weighted by molar-refractivity contribution is 5.95. The topological polar surface area (TPSA) is 69.6 Å². The predicted molar refractivity (Wildman–Crippen MR) is 81.4 cm³/mol. The molecule has 21 heavy (non-hydrogen) atoms. The Morgan fingerprint density at radius 1 is 1.38 bits per heavy atom. The van der Waals surface area contributed by atoms with Crippen LogP contribution in [0.25, 0.3) is 0 Å². The maximum Gasteiger partial charge on any atom is 0.305 e. The van der Waals surface area contributed by atoms with Crippen molar-refractivity contribution in [1.29, 1.82) is 0 Å². The number of amides is 1. The van der Waals surface area contributed by atoms with Gasteiger partial charge in [0.15, 0.2) is 0 Å². The number of benzene rings is 1. The van der Waals surface area contributed by atoms with Crippen molar-refractivity contribution in [2.45, 2.75) is 38.6 Å². The molecule has 1 amide bonds. The van der Waals surface area contributed by atoms with E-state index in [2.05, 4.69) is 5.32 Å². The van der Waals surface area contributed by atoms with Crippen molar-refractivity contribution >= 4 is 17.6 Å². The van der Waals surface area contributed by atoms with Gasteiger partial charge in [-0.15, -0.1) is 0 Å². The van der Waals surface area contributed by atoms with Gasteiger partial charge in [-0.1, -0.05) is 18.2 Å². The standard InChI is InChI=1S/C16H22N2O3/c1-12-5-2-3-7-14(12)18(10-8-16(20)21)15(19)11-13-6-4-9-17-13/h2-3,5,7,13,17H,4,6,8-11H2,1H3,(H,20,21). The number of carbonyl (C=O) groups excluding carboxylic acids is 1. The van der Waals surface area contributed by atoms with E-state index in [9.17, 15) is 9.59 Å². The van der Waals surface area contributed by atoms with Crippen molar-refractivity contribution in [2.75, 3.05) is 18.0 Å². The van der Waals surface area contributed by atoms with Gasteiger partial charge in [0.05, 0.1) is 6.42 Å². The summed E-state index contributed by atoms with van der Waals surface area (Å²) in [4.78, 5) is 25.0. The Labute approximate surface area is 125 Å². The first-order chi connectivity index (χ1) is 10.1. The number of aliphatic carboxylic acids is 1. The lowest BCUT2D eigenvalue weighted by atomic mass is 10.1. The number of carboxylic acids is 1. The maximum atomic E-state index is 12.6. The van der Waals surface area contributed by atoms with Crippen LogP contribution in [-0.2, 0) is 9.59 Å². The number of hydrogen-bond acceptors (Lipinski definition) is 3. The Morgan fingerprint density at radius 3 is 2.76 bits per heavy atom. The van der Waals surface area contributed by atoms with E-state index >= 15 is 0 Å². The number of anilines is 1. The number of nitrogens with zero attached hydrogens (tertiary/aromatic N) is 1. The zero-order chi connectivity index (χ0) is 15.2. The van der Waals surface area contributed by atoms with Gasteiger partial charge in [0.25, 0.3) is 0 Å². The van der Waals surface area contributed by atoms with E-state index in [0.717, 1.165) is 30.6 Å². The number of carboxylic acid groups (broad SMARTS) is 1. The number of rotatable bonds is 6. The van der Waals surface area contributed by atoms with Crippen LogP contribution in [0.4, 0.5) is 5.69 Å². The molecule has 1 aliphatic rings. The zero-order valence-corrected chi connectivity index (χ0v) is 12.3. The Balaban J connectivity index is 2.12. The van der Waals surface area contributed by atoms with Gasteiger partial charge in [-0.2, -0.15) is 0 Å². The molecule has 0 bridgehead atoms. The van der Waals surface area contributed by atoms with Crippen LogP contribution in [0.1, 0.15) is 31.2 Å². The second kappa shape index (κ2) is 7.22. The molecule has 1 saturated heterocycles. The fraction of sp³-hybridized carbons (Fsp3) is 0.500. The van der Waals surface area contributed by atoms with E-state index in [1.807, 2.05) is 31.2 Å². The SMILES string of the molecule is Cc1ccccc1N(CCC(=O)O)C(=O)CC1CCCN1. The number of para-hydroxylation sites is 1. The average Bonchev–Trinajstić information content (AvgIpc) is 2.93. The van der Waals surface area contributed by atoms with E-state index in [-0.39, 0.29) is 24.9 Å². The van der Waals surface area contributed by atoms with Crippen LogP contribution in [0.15, 0.2) is 24.3 Å². The molecule has 2 N–H and O–H groups in total. The van der Waals surface area contributed by atoms with Gasteiger partial charge < -0.3 is 15.3 Å². The lowest BCUT2D eigenvalue weighted by Crippen LogP contribution is -2.37. The highest BCUT2D eigenvalue weighted by Crippen LogP contribution is 2.22. The maximum absolute atomic E-state index is 12.6. The minimum atomic E-state index is -0.889. The summed E-state index contributed by atoms with van der Waals surface area (Å²) in [5, 5.41) is 12.2. The molecular weight excluding hydrogens is 268 g/mol. The number of nitrogens with one attached hydrogen (secondary N) is 1. The molecule has 1 aliphatic heterocycles. The van der Waals surface area contributed by atoms with Crippen LogP contribution < -0.4 is 10.2 Å². The van der Waals surface area contributed by atoms with Gasteiger partial charge in [-0.05, 0) is 37.9 Å². The molecule has 5 heteroatoms. The third-order valence-corrected chi connectivity index (χ3v) is 3.84. The second-order valence-corrected chi connectivity index (χ2v) is 5.47. The van der Waals surface area contributed by atoms with Crippen molar-refractivity contribution < 1.29 is 14.7 Å². The molecule has 1 aromatic carbocycles. The van der Waals surface area contributed by atoms with Crippen LogP contribution >= 0.6 is 0 Å². The fourth-order valence-corrected chi connectivity index (χ4v) is 2.71. The molecule has 2 rings (SSSR count). The second-order valence-electron chi connectivity index (χ2n) is 5.47. The van der Waals surface area contributed by atoms with Gasteiger partial charge in [0.2, 0.25) is 5.91 Å². The Kier molecular flexibility index (Phi) is 5.33. The molecule has 1 unspecified atom stereocenters. The average molecular weight is 290 g/mol. The van der Waals surface area contributed by atoms with E-state index in [1.165, 1.54) is 0 Å². The molecule has 1 fully saturated rings. The first-order valence-corrected chi connectivity index (χ1v) is 7.39. The third kappa shape index (κ3) is 4.29. The Bertz CT molecular complexity index is 510. The van der Waals surface area contributed by atoms with E-state index in [4.69, 9.17) is 5.11 Å². The van der Waals surface area contributed by atoms with Crippen molar-refractivity contribution in [3.05, 3.63) is 29.8 Å². The Hall–Kier alpha value is -1.88. The van der Waals surface area contributed by atoms with Gasteiger partial charge in [0.1, 0.15) is 0 Å².